The lowest BCUT2D eigenvalue weighted by atomic mass is 9.83. The van der Waals surface area contributed by atoms with E-state index < -0.39 is 6.97 Å². The first-order valence-electron chi connectivity index (χ1n) is 8.68. The van der Waals surface area contributed by atoms with Gasteiger partial charge in [0, 0.05) is 24.3 Å². The number of hydrogen-bond acceptors (Lipinski definition) is 0. The van der Waals surface area contributed by atoms with Crippen LogP contribution in [-0.4, -0.2) is 21.6 Å². The number of aryl methyl sites for hydroxylation is 3. The van der Waals surface area contributed by atoms with Crippen molar-refractivity contribution in [2.75, 3.05) is 0 Å². The summed E-state index contributed by atoms with van der Waals surface area (Å²) in [5, 5.41) is 0. The maximum atomic E-state index is 15.5. The first-order valence-corrected chi connectivity index (χ1v) is 8.68. The number of aromatic nitrogens is 1. The Morgan fingerprint density at radius 3 is 2.31 bits per heavy atom. The molecule has 0 spiro atoms. The fraction of sp³-hybridized carbons (Fsp3) is 0.250. The molecule has 0 N–H and O–H groups in total. The molecule has 0 bridgehead atoms. The number of halogens is 3. The average Bonchev–Trinajstić information content (AvgIpc) is 2.99. The first-order chi connectivity index (χ1) is 12.1. The lowest BCUT2D eigenvalue weighted by Gasteiger charge is -2.34. The zero-order chi connectivity index (χ0) is 19.0. The van der Waals surface area contributed by atoms with Crippen LogP contribution in [0.3, 0.4) is 0 Å². The van der Waals surface area contributed by atoms with Crippen LogP contribution >= 0.6 is 0 Å². The van der Waals surface area contributed by atoms with Crippen LogP contribution in [-0.2, 0) is 0 Å². The minimum atomic E-state index is -3.98. The number of rotatable bonds is 1. The fourth-order valence-electron chi connectivity index (χ4n) is 4.46. The molecular formula is C20H20BF3N2. The van der Waals surface area contributed by atoms with Gasteiger partial charge >= 0.3 is 6.97 Å². The molecule has 134 valence electrons. The molecule has 0 saturated heterocycles. The molecule has 0 fully saturated rings. The van der Waals surface area contributed by atoms with Gasteiger partial charge in [0.05, 0.1) is 5.57 Å². The molecule has 2 aliphatic heterocycles. The fourth-order valence-corrected chi connectivity index (χ4v) is 4.46. The molecule has 1 aromatic carbocycles. The third-order valence-corrected chi connectivity index (χ3v) is 5.39. The Morgan fingerprint density at radius 2 is 1.65 bits per heavy atom. The molecule has 2 nitrogen and oxygen atoms in total. The Kier molecular flexibility index (Phi) is 3.42. The number of hydrogen-bond donors (Lipinski definition) is 0. The summed E-state index contributed by atoms with van der Waals surface area (Å²) in [6, 6.07) is 6.32. The molecule has 4 rings (SSSR count). The second kappa shape index (κ2) is 5.25. The van der Waals surface area contributed by atoms with Gasteiger partial charge in [0.15, 0.2) is 5.70 Å². The third kappa shape index (κ3) is 2.04. The first kappa shape index (κ1) is 16.9. The monoisotopic (exact) mass is 356 g/mol. The summed E-state index contributed by atoms with van der Waals surface area (Å²) in [6.45, 7) is 4.95. The predicted molar refractivity (Wildman–Crippen MR) is 99.1 cm³/mol. The van der Waals surface area contributed by atoms with E-state index in [4.69, 9.17) is 0 Å². The molecule has 2 aromatic rings. The molecule has 0 unspecified atom stereocenters. The number of fused-ring (bicyclic) bond motifs is 2. The SMILES string of the molecule is CC1=CC(C)=[N+]2C1=C(c1ccc(F)cc1C)c1c(C)cc(C)n1[B-]2(F)F. The Balaban J connectivity index is 2.20. The van der Waals surface area contributed by atoms with Gasteiger partial charge < -0.3 is 17.6 Å². The largest absolute Gasteiger partial charge is 0.737 e. The molecular weight excluding hydrogens is 336 g/mol. The second-order valence-electron chi connectivity index (χ2n) is 7.30. The molecule has 3 heterocycles. The van der Waals surface area contributed by atoms with Crippen LogP contribution in [0.15, 0.2) is 41.6 Å². The van der Waals surface area contributed by atoms with Crippen LogP contribution in [0.1, 0.15) is 41.9 Å². The van der Waals surface area contributed by atoms with E-state index in [1.165, 1.54) is 12.1 Å². The van der Waals surface area contributed by atoms with Gasteiger partial charge in [-0.15, -0.1) is 0 Å². The van der Waals surface area contributed by atoms with Gasteiger partial charge in [0.25, 0.3) is 0 Å². The third-order valence-electron chi connectivity index (χ3n) is 5.39. The summed E-state index contributed by atoms with van der Waals surface area (Å²) in [4.78, 5) is 0. The molecule has 6 heteroatoms. The summed E-state index contributed by atoms with van der Waals surface area (Å²) < 4.78 is 47.0. The summed E-state index contributed by atoms with van der Waals surface area (Å²) in [7, 11) is 0. The van der Waals surface area contributed by atoms with E-state index in [-0.39, 0.29) is 5.82 Å². The predicted octanol–water partition coefficient (Wildman–Crippen LogP) is 4.98. The van der Waals surface area contributed by atoms with E-state index in [9.17, 15) is 4.39 Å². The van der Waals surface area contributed by atoms with Crippen molar-refractivity contribution in [1.29, 1.82) is 0 Å². The molecule has 0 saturated carbocycles. The smallest absolute Gasteiger partial charge is 0.393 e. The highest BCUT2D eigenvalue weighted by atomic mass is 19.2. The summed E-state index contributed by atoms with van der Waals surface area (Å²) in [5.41, 5.74) is 5.94. The molecule has 26 heavy (non-hydrogen) atoms. The lowest BCUT2D eigenvalue weighted by Crippen LogP contribution is -2.51. The second-order valence-corrected chi connectivity index (χ2v) is 7.30. The van der Waals surface area contributed by atoms with Gasteiger partial charge in [0.1, 0.15) is 11.5 Å². The number of nitrogens with zero attached hydrogens (tertiary/aromatic N) is 2. The van der Waals surface area contributed by atoms with E-state index in [1.807, 2.05) is 20.8 Å². The topological polar surface area (TPSA) is 7.94 Å². The highest BCUT2D eigenvalue weighted by Crippen LogP contribution is 2.44. The Morgan fingerprint density at radius 1 is 0.962 bits per heavy atom. The van der Waals surface area contributed by atoms with Crippen molar-refractivity contribution >= 4 is 18.3 Å². The number of benzene rings is 1. The van der Waals surface area contributed by atoms with Gasteiger partial charge in [-0.3, -0.25) is 0 Å². The average molecular weight is 356 g/mol. The Bertz CT molecular complexity index is 1070. The van der Waals surface area contributed by atoms with E-state index in [0.717, 1.165) is 36.8 Å². The van der Waals surface area contributed by atoms with Gasteiger partial charge in [-0.25, -0.2) is 4.39 Å². The minimum absolute atomic E-state index is 0.330. The van der Waals surface area contributed by atoms with Crippen molar-refractivity contribution < 1.29 is 17.5 Å². The van der Waals surface area contributed by atoms with Crippen LogP contribution < -0.4 is 0 Å². The lowest BCUT2D eigenvalue weighted by molar-refractivity contribution is -0.363. The van der Waals surface area contributed by atoms with Crippen molar-refractivity contribution in [3.63, 3.8) is 0 Å². The summed E-state index contributed by atoms with van der Waals surface area (Å²) >= 11 is 0. The van der Waals surface area contributed by atoms with Crippen molar-refractivity contribution in [2.24, 2.45) is 0 Å². The van der Waals surface area contributed by atoms with E-state index >= 15 is 8.63 Å². The standard InChI is InChI=1S/C20H20BF3N2/c1-11-10-16(22)6-7-17(11)18-19-12(2)8-14(4)25(19)21(23,24)26-15(5)9-13(3)20(18)26/h6-10H,1-5H3. The van der Waals surface area contributed by atoms with Crippen molar-refractivity contribution in [2.45, 2.75) is 34.6 Å². The number of allylic oxidation sites excluding steroid dienone is 2. The molecule has 0 atom stereocenters. The van der Waals surface area contributed by atoms with Crippen LogP contribution in [0.4, 0.5) is 13.0 Å². The minimum Gasteiger partial charge on any atom is -0.393 e. The van der Waals surface area contributed by atoms with Gasteiger partial charge in [-0.2, -0.15) is 0 Å². The molecule has 0 amide bonds. The van der Waals surface area contributed by atoms with Crippen LogP contribution in [0.25, 0.3) is 5.57 Å². The van der Waals surface area contributed by atoms with Gasteiger partial charge in [0.2, 0.25) is 0 Å². The van der Waals surface area contributed by atoms with Crippen LogP contribution in [0, 0.1) is 26.6 Å². The van der Waals surface area contributed by atoms with Crippen molar-refractivity contribution in [1.82, 2.24) is 4.48 Å². The molecule has 1 aromatic heterocycles. The van der Waals surface area contributed by atoms with Crippen molar-refractivity contribution in [3.8, 4) is 0 Å². The maximum absolute atomic E-state index is 15.5. The molecule has 0 radical (unpaired) electrons. The van der Waals surface area contributed by atoms with Crippen LogP contribution in [0.5, 0.6) is 0 Å². The Labute approximate surface area is 151 Å². The highest BCUT2D eigenvalue weighted by Gasteiger charge is 2.55. The normalized spacial score (nSPS) is 18.2. The molecule has 0 aliphatic carbocycles. The van der Waals surface area contributed by atoms with Crippen LogP contribution in [0.2, 0.25) is 0 Å². The zero-order valence-electron chi connectivity index (χ0n) is 15.5. The van der Waals surface area contributed by atoms with E-state index in [2.05, 4.69) is 0 Å². The van der Waals surface area contributed by atoms with Gasteiger partial charge in [-0.1, -0.05) is 6.07 Å². The van der Waals surface area contributed by atoms with Gasteiger partial charge in [-0.05, 0) is 68.3 Å². The van der Waals surface area contributed by atoms with E-state index in [1.54, 1.807) is 32.1 Å². The Hall–Kier alpha value is -2.50. The molecule has 2 aliphatic rings. The quantitative estimate of drug-likeness (QED) is 0.637. The highest BCUT2D eigenvalue weighted by molar-refractivity contribution is 6.58. The van der Waals surface area contributed by atoms with E-state index in [0.29, 0.717) is 22.8 Å². The zero-order valence-corrected chi connectivity index (χ0v) is 15.5. The summed E-state index contributed by atoms with van der Waals surface area (Å²) in [6.07, 6.45) is 1.79. The van der Waals surface area contributed by atoms with Crippen molar-refractivity contribution in [3.05, 3.63) is 75.5 Å². The summed E-state index contributed by atoms with van der Waals surface area (Å²) in [5.74, 6) is -0.330. The maximum Gasteiger partial charge on any atom is 0.737 e.